The van der Waals surface area contributed by atoms with Crippen molar-refractivity contribution in [2.75, 3.05) is 20.1 Å². The molecule has 1 N–H and O–H groups in total. The number of nitrogens with one attached hydrogen (secondary N) is 1. The number of fused-ring (bicyclic) bond motifs is 1. The molecule has 0 radical (unpaired) electrons. The molecule has 0 aliphatic carbocycles. The minimum atomic E-state index is 0. The maximum Gasteiger partial charge on any atom is 0.224 e. The molecule has 0 saturated carbocycles. The smallest absolute Gasteiger partial charge is 0.224 e. The van der Waals surface area contributed by atoms with Gasteiger partial charge in [-0.15, -0.1) is 12.4 Å². The molecule has 1 amide bonds. The fourth-order valence-electron chi connectivity index (χ4n) is 2.67. The van der Waals surface area contributed by atoms with Crippen LogP contribution in [0, 0.1) is 0 Å². The minimum absolute atomic E-state index is 0. The number of amides is 1. The fraction of sp³-hybridized carbons (Fsp3) is 0.353. The van der Waals surface area contributed by atoms with E-state index in [9.17, 15) is 4.79 Å². The Morgan fingerprint density at radius 2 is 2.09 bits per heavy atom. The number of rotatable bonds is 4. The zero-order chi connectivity index (χ0) is 14.7. The number of hydrogen-bond acceptors (Lipinski definition) is 3. The summed E-state index contributed by atoms with van der Waals surface area (Å²) in [5, 5.41) is 3.01. The van der Waals surface area contributed by atoms with E-state index in [-0.39, 0.29) is 18.3 Å². The molecule has 5 heteroatoms. The lowest BCUT2D eigenvalue weighted by atomic mass is 10.1. The number of nitrogens with zero attached hydrogens (tertiary/aromatic N) is 1. The molecule has 1 aromatic heterocycles. The van der Waals surface area contributed by atoms with Crippen LogP contribution in [0.3, 0.4) is 0 Å². The molecule has 1 aromatic carbocycles. The van der Waals surface area contributed by atoms with E-state index in [1.54, 1.807) is 0 Å². The Balaban J connectivity index is 0.00000176. The summed E-state index contributed by atoms with van der Waals surface area (Å²) in [6.45, 7) is 2.09. The summed E-state index contributed by atoms with van der Waals surface area (Å²) < 4.78 is 5.97. The number of carbonyl (C=O) groups excluding carboxylic acids is 1. The number of halogens is 1. The second-order valence-corrected chi connectivity index (χ2v) is 5.34. The number of carbonyl (C=O) groups is 1. The van der Waals surface area contributed by atoms with E-state index >= 15 is 0 Å². The maximum atomic E-state index is 12.1. The largest absolute Gasteiger partial charge is 0.459 e. The predicted octanol–water partition coefficient (Wildman–Crippen LogP) is 2.86. The van der Waals surface area contributed by atoms with Crippen molar-refractivity contribution in [1.29, 1.82) is 0 Å². The van der Waals surface area contributed by atoms with E-state index in [1.165, 1.54) is 5.56 Å². The van der Waals surface area contributed by atoms with Crippen LogP contribution >= 0.6 is 12.4 Å². The lowest BCUT2D eigenvalue weighted by Crippen LogP contribution is -2.36. The Morgan fingerprint density at radius 3 is 2.82 bits per heavy atom. The van der Waals surface area contributed by atoms with Crippen molar-refractivity contribution < 1.29 is 9.21 Å². The summed E-state index contributed by atoms with van der Waals surface area (Å²) >= 11 is 0. The molecule has 3 rings (SSSR count). The van der Waals surface area contributed by atoms with Crippen LogP contribution in [-0.2, 0) is 17.8 Å². The predicted molar refractivity (Wildman–Crippen MR) is 89.1 cm³/mol. The van der Waals surface area contributed by atoms with Crippen LogP contribution in [0.2, 0.25) is 0 Å². The van der Waals surface area contributed by atoms with E-state index in [0.717, 1.165) is 36.6 Å². The Morgan fingerprint density at radius 1 is 1.32 bits per heavy atom. The van der Waals surface area contributed by atoms with Crippen LogP contribution in [0.5, 0.6) is 0 Å². The molecule has 2 aromatic rings. The molecule has 4 nitrogen and oxygen atoms in total. The van der Waals surface area contributed by atoms with Gasteiger partial charge in [0.25, 0.3) is 0 Å². The lowest BCUT2D eigenvalue weighted by molar-refractivity contribution is -0.132. The standard InChI is InChI=1S/C17H20N2O2.ClH/c1-18-9-7-17(20)19-10-8-14-11-15(21-16(14)12-19)13-5-3-2-4-6-13;/h2-6,11,18H,7-10,12H2,1H3;1H. The molecule has 0 atom stereocenters. The third kappa shape index (κ3) is 3.51. The van der Waals surface area contributed by atoms with Gasteiger partial charge in [0.1, 0.15) is 11.5 Å². The van der Waals surface area contributed by atoms with Gasteiger partial charge in [-0.25, -0.2) is 0 Å². The third-order valence-corrected chi connectivity index (χ3v) is 3.88. The number of benzene rings is 1. The molecule has 1 aliphatic heterocycles. The number of furan rings is 1. The maximum absolute atomic E-state index is 12.1. The zero-order valence-electron chi connectivity index (χ0n) is 12.7. The zero-order valence-corrected chi connectivity index (χ0v) is 13.5. The van der Waals surface area contributed by atoms with Crippen LogP contribution in [0.4, 0.5) is 0 Å². The molecule has 0 bridgehead atoms. The van der Waals surface area contributed by atoms with E-state index in [1.807, 2.05) is 42.3 Å². The third-order valence-electron chi connectivity index (χ3n) is 3.88. The van der Waals surface area contributed by atoms with Gasteiger partial charge in [0.15, 0.2) is 0 Å². The highest BCUT2D eigenvalue weighted by molar-refractivity contribution is 5.85. The van der Waals surface area contributed by atoms with Gasteiger partial charge in [-0.3, -0.25) is 4.79 Å². The van der Waals surface area contributed by atoms with Gasteiger partial charge in [0.05, 0.1) is 6.54 Å². The summed E-state index contributed by atoms with van der Waals surface area (Å²) in [6, 6.07) is 12.2. The first-order valence-corrected chi connectivity index (χ1v) is 7.37. The van der Waals surface area contributed by atoms with Crippen LogP contribution in [-0.4, -0.2) is 30.9 Å². The average molecular weight is 321 g/mol. The van der Waals surface area contributed by atoms with E-state index < -0.39 is 0 Å². The first-order chi connectivity index (χ1) is 10.3. The monoisotopic (exact) mass is 320 g/mol. The summed E-state index contributed by atoms with van der Waals surface area (Å²) in [4.78, 5) is 14.0. The molecule has 1 aliphatic rings. The Labute approximate surface area is 136 Å². The highest BCUT2D eigenvalue weighted by atomic mass is 35.5. The molecule has 22 heavy (non-hydrogen) atoms. The average Bonchev–Trinajstić information content (AvgIpc) is 2.96. The molecule has 0 saturated heterocycles. The molecular formula is C17H21ClN2O2. The van der Waals surface area contributed by atoms with Crippen molar-refractivity contribution in [2.45, 2.75) is 19.4 Å². The van der Waals surface area contributed by atoms with Gasteiger partial charge in [-0.05, 0) is 25.1 Å². The first-order valence-electron chi connectivity index (χ1n) is 7.37. The van der Waals surface area contributed by atoms with E-state index in [2.05, 4.69) is 11.4 Å². The molecule has 0 spiro atoms. The SMILES string of the molecule is CNCCC(=O)N1CCc2cc(-c3ccccc3)oc2C1.Cl. The van der Waals surface area contributed by atoms with Gasteiger partial charge in [0, 0.05) is 25.1 Å². The second kappa shape index (κ2) is 7.47. The minimum Gasteiger partial charge on any atom is -0.459 e. The van der Waals surface area contributed by atoms with Crippen LogP contribution in [0.15, 0.2) is 40.8 Å². The Kier molecular flexibility index (Phi) is 5.63. The highest BCUT2D eigenvalue weighted by Gasteiger charge is 2.24. The number of hydrogen-bond donors (Lipinski definition) is 1. The van der Waals surface area contributed by atoms with Crippen molar-refractivity contribution in [1.82, 2.24) is 10.2 Å². The van der Waals surface area contributed by atoms with Crippen LogP contribution < -0.4 is 5.32 Å². The highest BCUT2D eigenvalue weighted by Crippen LogP contribution is 2.29. The fourth-order valence-corrected chi connectivity index (χ4v) is 2.67. The van der Waals surface area contributed by atoms with Crippen molar-refractivity contribution in [3.63, 3.8) is 0 Å². The lowest BCUT2D eigenvalue weighted by Gasteiger charge is -2.26. The van der Waals surface area contributed by atoms with Crippen molar-refractivity contribution in [3.8, 4) is 11.3 Å². The summed E-state index contributed by atoms with van der Waals surface area (Å²) in [7, 11) is 1.86. The van der Waals surface area contributed by atoms with Crippen LogP contribution in [0.25, 0.3) is 11.3 Å². The Bertz CT molecular complexity index is 625. The quantitative estimate of drug-likeness (QED) is 0.942. The molecule has 0 unspecified atom stereocenters. The van der Waals surface area contributed by atoms with Gasteiger partial charge < -0.3 is 14.6 Å². The van der Waals surface area contributed by atoms with Gasteiger partial charge in [-0.1, -0.05) is 30.3 Å². The van der Waals surface area contributed by atoms with E-state index in [4.69, 9.17) is 4.42 Å². The molecule has 0 fully saturated rings. The summed E-state index contributed by atoms with van der Waals surface area (Å²) in [6.07, 6.45) is 1.41. The normalized spacial score (nSPS) is 13.4. The molecule has 118 valence electrons. The Hall–Kier alpha value is -1.78. The molecule has 2 heterocycles. The van der Waals surface area contributed by atoms with Gasteiger partial charge in [0.2, 0.25) is 5.91 Å². The van der Waals surface area contributed by atoms with Crippen molar-refractivity contribution >= 4 is 18.3 Å². The van der Waals surface area contributed by atoms with E-state index in [0.29, 0.717) is 13.0 Å². The van der Waals surface area contributed by atoms with Crippen LogP contribution in [0.1, 0.15) is 17.7 Å². The summed E-state index contributed by atoms with van der Waals surface area (Å²) in [5.41, 5.74) is 2.31. The van der Waals surface area contributed by atoms with Gasteiger partial charge >= 0.3 is 0 Å². The van der Waals surface area contributed by atoms with Gasteiger partial charge in [-0.2, -0.15) is 0 Å². The topological polar surface area (TPSA) is 45.5 Å². The molecular weight excluding hydrogens is 300 g/mol. The van der Waals surface area contributed by atoms with Crippen molar-refractivity contribution in [2.24, 2.45) is 0 Å². The second-order valence-electron chi connectivity index (χ2n) is 5.34. The summed E-state index contributed by atoms with van der Waals surface area (Å²) in [5.74, 6) is 2.01. The first kappa shape index (κ1) is 16.6. The van der Waals surface area contributed by atoms with Crippen molar-refractivity contribution in [3.05, 3.63) is 47.7 Å².